The quantitative estimate of drug-likeness (QED) is 0.318. The van der Waals surface area contributed by atoms with Crippen molar-refractivity contribution in [1.82, 2.24) is 4.98 Å². The summed E-state index contributed by atoms with van der Waals surface area (Å²) in [5, 5.41) is 9.96. The van der Waals surface area contributed by atoms with E-state index in [0.717, 1.165) is 26.2 Å². The number of nitrogens with two attached hydrogens (primary N) is 1. The van der Waals surface area contributed by atoms with Gasteiger partial charge in [0.15, 0.2) is 6.61 Å². The van der Waals surface area contributed by atoms with E-state index in [1.165, 1.54) is 35.6 Å². The third-order valence-electron chi connectivity index (χ3n) is 5.45. The lowest BCUT2D eigenvalue weighted by molar-refractivity contribution is -0.119. The SMILES string of the molecule is NS(=O)(=O)c1ccc(NC(=O)COC(=O)c2cccc3cccc(-c4nc5ccccc5s4)c23)cc1. The number of esters is 1. The lowest BCUT2D eigenvalue weighted by Gasteiger charge is -2.11. The summed E-state index contributed by atoms with van der Waals surface area (Å²) >= 11 is 1.53. The molecule has 1 amide bonds. The number of aromatic nitrogens is 1. The number of carbonyl (C=O) groups is 2. The van der Waals surface area contributed by atoms with Gasteiger partial charge in [-0.3, -0.25) is 4.79 Å². The van der Waals surface area contributed by atoms with Crippen LogP contribution >= 0.6 is 11.3 Å². The van der Waals surface area contributed by atoms with E-state index in [-0.39, 0.29) is 4.90 Å². The van der Waals surface area contributed by atoms with E-state index in [1.54, 1.807) is 12.1 Å². The van der Waals surface area contributed by atoms with Crippen LogP contribution < -0.4 is 10.5 Å². The van der Waals surface area contributed by atoms with E-state index in [4.69, 9.17) is 14.9 Å². The summed E-state index contributed by atoms with van der Waals surface area (Å²) in [7, 11) is -3.84. The van der Waals surface area contributed by atoms with Crippen molar-refractivity contribution in [2.75, 3.05) is 11.9 Å². The van der Waals surface area contributed by atoms with Crippen LogP contribution in [0, 0.1) is 0 Å². The topological polar surface area (TPSA) is 128 Å². The van der Waals surface area contributed by atoms with E-state index < -0.39 is 28.5 Å². The molecule has 0 unspecified atom stereocenters. The van der Waals surface area contributed by atoms with Gasteiger partial charge in [-0.15, -0.1) is 11.3 Å². The minimum atomic E-state index is -3.84. The van der Waals surface area contributed by atoms with Crippen molar-refractivity contribution in [3.8, 4) is 10.6 Å². The number of ether oxygens (including phenoxy) is 1. The molecular formula is C26H19N3O5S2. The van der Waals surface area contributed by atoms with Crippen molar-refractivity contribution in [2.45, 2.75) is 4.90 Å². The summed E-state index contributed by atoms with van der Waals surface area (Å²) in [6, 6.07) is 24.2. The monoisotopic (exact) mass is 517 g/mol. The molecule has 36 heavy (non-hydrogen) atoms. The van der Waals surface area contributed by atoms with E-state index >= 15 is 0 Å². The summed E-state index contributed by atoms with van der Waals surface area (Å²) in [6.45, 7) is -0.518. The van der Waals surface area contributed by atoms with Gasteiger partial charge in [-0.1, -0.05) is 42.5 Å². The van der Waals surface area contributed by atoms with Gasteiger partial charge in [-0.2, -0.15) is 0 Å². The Kier molecular flexibility index (Phi) is 6.23. The zero-order valence-electron chi connectivity index (χ0n) is 18.7. The Morgan fingerprint density at radius 2 is 1.64 bits per heavy atom. The third-order valence-corrected chi connectivity index (χ3v) is 7.45. The molecular weight excluding hydrogens is 498 g/mol. The zero-order chi connectivity index (χ0) is 25.3. The molecule has 0 saturated carbocycles. The maximum atomic E-state index is 13.0. The van der Waals surface area contributed by atoms with Gasteiger partial charge in [0.25, 0.3) is 5.91 Å². The number of benzene rings is 4. The highest BCUT2D eigenvalue weighted by molar-refractivity contribution is 7.89. The number of hydrogen-bond acceptors (Lipinski definition) is 7. The first kappa shape index (κ1) is 23.6. The number of carbonyl (C=O) groups excluding carboxylic acids is 2. The number of nitrogens with zero attached hydrogens (tertiary/aromatic N) is 1. The first-order valence-electron chi connectivity index (χ1n) is 10.8. The molecule has 5 rings (SSSR count). The number of sulfonamides is 1. The van der Waals surface area contributed by atoms with Crippen molar-refractivity contribution in [3.05, 3.63) is 90.5 Å². The maximum absolute atomic E-state index is 13.0. The molecule has 1 aromatic heterocycles. The van der Waals surface area contributed by atoms with Gasteiger partial charge in [0.1, 0.15) is 5.01 Å². The number of nitrogens with one attached hydrogen (secondary N) is 1. The Hall–Kier alpha value is -4.12. The molecule has 0 aliphatic heterocycles. The van der Waals surface area contributed by atoms with E-state index in [2.05, 4.69) is 5.32 Å². The third kappa shape index (κ3) is 4.82. The molecule has 0 aliphatic rings. The second-order valence-electron chi connectivity index (χ2n) is 7.89. The standard InChI is InChI=1S/C26H19N3O5S2/c27-36(32,33)18-13-11-17(12-14-18)28-23(30)15-34-26(31)20-8-4-6-16-5-3-7-19(24(16)20)25-29-21-9-1-2-10-22(21)35-25/h1-14H,15H2,(H,28,30)(H2,27,32,33). The second-order valence-corrected chi connectivity index (χ2v) is 10.5. The van der Waals surface area contributed by atoms with Crippen LogP contribution in [0.5, 0.6) is 0 Å². The molecule has 0 atom stereocenters. The summed E-state index contributed by atoms with van der Waals surface area (Å²) in [5.41, 5.74) is 2.35. The number of primary sulfonamides is 1. The van der Waals surface area contributed by atoms with Crippen LogP contribution in [0.1, 0.15) is 10.4 Å². The fourth-order valence-electron chi connectivity index (χ4n) is 3.81. The van der Waals surface area contributed by atoms with Gasteiger partial charge in [-0.05, 0) is 47.9 Å². The average molecular weight is 518 g/mol. The largest absolute Gasteiger partial charge is 0.452 e. The molecule has 0 aliphatic carbocycles. The number of rotatable bonds is 6. The number of para-hydroxylation sites is 1. The van der Waals surface area contributed by atoms with Crippen LogP contribution in [0.4, 0.5) is 5.69 Å². The van der Waals surface area contributed by atoms with Crippen LogP contribution in [0.15, 0.2) is 89.8 Å². The number of anilines is 1. The number of thiazole rings is 1. The maximum Gasteiger partial charge on any atom is 0.339 e. The van der Waals surface area contributed by atoms with Gasteiger partial charge < -0.3 is 10.1 Å². The number of amides is 1. The van der Waals surface area contributed by atoms with Crippen LogP contribution in [0.3, 0.4) is 0 Å². The molecule has 0 radical (unpaired) electrons. The molecule has 180 valence electrons. The molecule has 0 saturated heterocycles. The van der Waals surface area contributed by atoms with Gasteiger partial charge in [-0.25, -0.2) is 23.3 Å². The fraction of sp³-hybridized carbons (Fsp3) is 0.0385. The minimum Gasteiger partial charge on any atom is -0.452 e. The molecule has 0 spiro atoms. The second kappa shape index (κ2) is 9.50. The van der Waals surface area contributed by atoms with Crippen LogP contribution in [0.2, 0.25) is 0 Å². The lowest BCUT2D eigenvalue weighted by Crippen LogP contribution is -2.21. The fourth-order valence-corrected chi connectivity index (χ4v) is 5.32. The van der Waals surface area contributed by atoms with Crippen molar-refractivity contribution in [2.24, 2.45) is 5.14 Å². The van der Waals surface area contributed by atoms with E-state index in [1.807, 2.05) is 48.5 Å². The highest BCUT2D eigenvalue weighted by Gasteiger charge is 2.18. The van der Waals surface area contributed by atoms with Crippen LogP contribution in [0.25, 0.3) is 31.6 Å². The van der Waals surface area contributed by atoms with Crippen molar-refractivity contribution >= 4 is 59.9 Å². The average Bonchev–Trinajstić information content (AvgIpc) is 3.30. The van der Waals surface area contributed by atoms with Crippen molar-refractivity contribution < 1.29 is 22.7 Å². The van der Waals surface area contributed by atoms with Gasteiger partial charge in [0.2, 0.25) is 10.0 Å². The first-order valence-corrected chi connectivity index (χ1v) is 13.1. The summed E-state index contributed by atoms with van der Waals surface area (Å²) in [5.74, 6) is -1.22. The molecule has 4 aromatic carbocycles. The van der Waals surface area contributed by atoms with Crippen LogP contribution in [-0.2, 0) is 19.6 Å². The van der Waals surface area contributed by atoms with E-state index in [0.29, 0.717) is 16.6 Å². The lowest BCUT2D eigenvalue weighted by atomic mass is 9.99. The Bertz CT molecular complexity index is 1690. The molecule has 0 fully saturated rings. The smallest absolute Gasteiger partial charge is 0.339 e. The summed E-state index contributed by atoms with van der Waals surface area (Å²) < 4.78 is 29.1. The highest BCUT2D eigenvalue weighted by atomic mass is 32.2. The zero-order valence-corrected chi connectivity index (χ0v) is 20.3. The predicted octanol–water partition coefficient (Wildman–Crippen LogP) is 4.56. The molecule has 3 N–H and O–H groups in total. The normalized spacial score (nSPS) is 11.5. The Morgan fingerprint density at radius 3 is 2.36 bits per heavy atom. The van der Waals surface area contributed by atoms with Gasteiger partial charge in [0, 0.05) is 16.6 Å². The van der Waals surface area contributed by atoms with Crippen molar-refractivity contribution in [3.63, 3.8) is 0 Å². The molecule has 1 heterocycles. The Morgan fingerprint density at radius 1 is 0.917 bits per heavy atom. The number of hydrogen-bond donors (Lipinski definition) is 2. The highest BCUT2D eigenvalue weighted by Crippen LogP contribution is 2.36. The van der Waals surface area contributed by atoms with Gasteiger partial charge >= 0.3 is 5.97 Å². The molecule has 5 aromatic rings. The number of fused-ring (bicyclic) bond motifs is 2. The summed E-state index contributed by atoms with van der Waals surface area (Å²) in [6.07, 6.45) is 0. The van der Waals surface area contributed by atoms with Crippen LogP contribution in [-0.4, -0.2) is 31.9 Å². The van der Waals surface area contributed by atoms with E-state index in [9.17, 15) is 18.0 Å². The molecule has 10 heteroatoms. The van der Waals surface area contributed by atoms with Gasteiger partial charge in [0.05, 0.1) is 20.7 Å². The Balaban J connectivity index is 1.37. The minimum absolute atomic E-state index is 0.0770. The molecule has 8 nitrogen and oxygen atoms in total. The Labute approximate surface area is 210 Å². The molecule has 0 bridgehead atoms. The first-order chi connectivity index (χ1) is 17.3. The van der Waals surface area contributed by atoms with Crippen molar-refractivity contribution in [1.29, 1.82) is 0 Å². The predicted molar refractivity (Wildman–Crippen MR) is 139 cm³/mol. The summed E-state index contributed by atoms with van der Waals surface area (Å²) in [4.78, 5) is 30.0.